The summed E-state index contributed by atoms with van der Waals surface area (Å²) in [5, 5.41) is 0. The van der Waals surface area contributed by atoms with Crippen molar-refractivity contribution in [1.82, 2.24) is 0 Å². The topological polar surface area (TPSA) is 17.1 Å². The van der Waals surface area contributed by atoms with Gasteiger partial charge in [0.2, 0.25) is 0 Å². The monoisotopic (exact) mass is 178 g/mol. The van der Waals surface area contributed by atoms with Gasteiger partial charge in [-0.1, -0.05) is 19.1 Å². The molecule has 72 valence electrons. The second kappa shape index (κ2) is 3.28. The third kappa shape index (κ3) is 1.56. The largest absolute Gasteiger partial charge is 0.299 e. The lowest BCUT2D eigenvalue weighted by molar-refractivity contribution is -0.130. The van der Waals surface area contributed by atoms with Crippen LogP contribution in [-0.4, -0.2) is 5.78 Å². The van der Waals surface area contributed by atoms with Gasteiger partial charge in [0.1, 0.15) is 5.78 Å². The molecule has 1 saturated carbocycles. The van der Waals surface area contributed by atoms with E-state index in [1.807, 2.05) is 0 Å². The molecule has 0 amide bonds. The fourth-order valence-corrected chi connectivity index (χ4v) is 2.89. The van der Waals surface area contributed by atoms with Crippen LogP contribution in [0.25, 0.3) is 0 Å². The molecule has 2 aliphatic carbocycles. The van der Waals surface area contributed by atoms with Gasteiger partial charge >= 0.3 is 0 Å². The minimum Gasteiger partial charge on any atom is -0.299 e. The number of ketones is 1. The van der Waals surface area contributed by atoms with Crippen LogP contribution in [0.5, 0.6) is 0 Å². The predicted molar refractivity (Wildman–Crippen MR) is 53.4 cm³/mol. The SMILES string of the molecule is C[C@]12CC=CCC[C@H]1C(=O)CCC2. The third-order valence-electron chi connectivity index (χ3n) is 3.77. The van der Waals surface area contributed by atoms with Gasteiger partial charge in [0.05, 0.1) is 0 Å². The van der Waals surface area contributed by atoms with Crippen molar-refractivity contribution in [1.29, 1.82) is 0 Å². The van der Waals surface area contributed by atoms with Gasteiger partial charge in [-0.05, 0) is 37.5 Å². The van der Waals surface area contributed by atoms with Gasteiger partial charge in [-0.15, -0.1) is 0 Å². The molecule has 0 unspecified atom stereocenters. The number of allylic oxidation sites excluding steroid dienone is 2. The Labute approximate surface area is 80.2 Å². The van der Waals surface area contributed by atoms with Crippen LogP contribution in [0, 0.1) is 11.3 Å². The summed E-state index contributed by atoms with van der Waals surface area (Å²) in [7, 11) is 0. The normalized spacial score (nSPS) is 39.8. The highest BCUT2D eigenvalue weighted by atomic mass is 16.1. The summed E-state index contributed by atoms with van der Waals surface area (Å²) in [6.45, 7) is 2.30. The van der Waals surface area contributed by atoms with Crippen molar-refractivity contribution in [2.75, 3.05) is 0 Å². The van der Waals surface area contributed by atoms with Crippen molar-refractivity contribution in [3.63, 3.8) is 0 Å². The van der Waals surface area contributed by atoms with Gasteiger partial charge < -0.3 is 0 Å². The van der Waals surface area contributed by atoms with Gasteiger partial charge in [0, 0.05) is 12.3 Å². The van der Waals surface area contributed by atoms with Crippen LogP contribution in [0.1, 0.15) is 45.4 Å². The highest BCUT2D eigenvalue weighted by molar-refractivity contribution is 5.82. The summed E-state index contributed by atoms with van der Waals surface area (Å²) in [6, 6.07) is 0. The molecule has 0 heterocycles. The minimum absolute atomic E-state index is 0.294. The molecule has 0 spiro atoms. The van der Waals surface area contributed by atoms with Gasteiger partial charge in [-0.25, -0.2) is 0 Å². The number of carbonyl (C=O) groups is 1. The van der Waals surface area contributed by atoms with Crippen molar-refractivity contribution in [2.45, 2.75) is 45.4 Å². The number of carbonyl (C=O) groups excluding carboxylic acids is 1. The zero-order chi connectivity index (χ0) is 9.31. The summed E-state index contributed by atoms with van der Waals surface area (Å²) >= 11 is 0. The van der Waals surface area contributed by atoms with Crippen LogP contribution in [-0.2, 0) is 4.79 Å². The number of rotatable bonds is 0. The van der Waals surface area contributed by atoms with E-state index in [4.69, 9.17) is 0 Å². The van der Waals surface area contributed by atoms with Crippen LogP contribution < -0.4 is 0 Å². The van der Waals surface area contributed by atoms with Crippen LogP contribution in [0.4, 0.5) is 0 Å². The summed E-state index contributed by atoms with van der Waals surface area (Å²) in [5.74, 6) is 0.883. The second-order valence-corrected chi connectivity index (χ2v) is 4.78. The second-order valence-electron chi connectivity index (χ2n) is 4.78. The summed E-state index contributed by atoms with van der Waals surface area (Å²) < 4.78 is 0. The third-order valence-corrected chi connectivity index (χ3v) is 3.77. The van der Waals surface area contributed by atoms with Crippen molar-refractivity contribution in [3.8, 4) is 0 Å². The summed E-state index contributed by atoms with van der Waals surface area (Å²) in [6.07, 6.45) is 11.0. The van der Waals surface area contributed by atoms with Crippen molar-refractivity contribution in [2.24, 2.45) is 11.3 Å². The van der Waals surface area contributed by atoms with Gasteiger partial charge in [-0.3, -0.25) is 4.79 Å². The zero-order valence-corrected chi connectivity index (χ0v) is 8.38. The molecule has 13 heavy (non-hydrogen) atoms. The smallest absolute Gasteiger partial charge is 0.136 e. The zero-order valence-electron chi connectivity index (χ0n) is 8.38. The van der Waals surface area contributed by atoms with Crippen molar-refractivity contribution in [3.05, 3.63) is 12.2 Å². The lowest BCUT2D eigenvalue weighted by Crippen LogP contribution is -2.36. The average molecular weight is 178 g/mol. The molecule has 0 N–H and O–H groups in total. The first-order valence-corrected chi connectivity index (χ1v) is 5.40. The van der Waals surface area contributed by atoms with Crippen molar-refractivity contribution < 1.29 is 4.79 Å². The van der Waals surface area contributed by atoms with Crippen LogP contribution in [0.3, 0.4) is 0 Å². The van der Waals surface area contributed by atoms with Crippen LogP contribution >= 0.6 is 0 Å². The standard InChI is InChI=1S/C12H18O/c1-12-8-4-2-3-6-10(12)11(13)7-5-9-12/h2,4,10H,3,5-9H2,1H3/t10-,12+/m0/s1. The molecule has 2 atom stereocenters. The van der Waals surface area contributed by atoms with E-state index in [2.05, 4.69) is 19.1 Å². The number of fused-ring (bicyclic) bond motifs is 1. The highest BCUT2D eigenvalue weighted by Crippen LogP contribution is 2.45. The first kappa shape index (κ1) is 8.98. The fourth-order valence-electron chi connectivity index (χ4n) is 2.89. The first-order valence-electron chi connectivity index (χ1n) is 5.40. The average Bonchev–Trinajstić information content (AvgIpc) is 2.27. The van der Waals surface area contributed by atoms with Crippen LogP contribution in [0.2, 0.25) is 0 Å². The molecular formula is C12H18O. The summed E-state index contributed by atoms with van der Waals surface area (Å²) in [4.78, 5) is 11.8. The predicted octanol–water partition coefficient (Wildman–Crippen LogP) is 3.10. The Hall–Kier alpha value is -0.590. The molecule has 2 rings (SSSR count). The highest BCUT2D eigenvalue weighted by Gasteiger charge is 2.40. The van der Waals surface area contributed by atoms with Gasteiger partial charge in [0.15, 0.2) is 0 Å². The first-order chi connectivity index (χ1) is 6.22. The molecule has 1 nitrogen and oxygen atoms in total. The number of Topliss-reactive ketones (excluding diaryl/α,β-unsaturated/α-hetero) is 1. The Balaban J connectivity index is 2.22. The number of hydrogen-bond donors (Lipinski definition) is 0. The molecule has 0 aliphatic heterocycles. The quantitative estimate of drug-likeness (QED) is 0.521. The molecule has 0 aromatic carbocycles. The maximum atomic E-state index is 11.8. The van der Waals surface area contributed by atoms with E-state index in [0.717, 1.165) is 32.1 Å². The van der Waals surface area contributed by atoms with E-state index in [9.17, 15) is 4.79 Å². The maximum Gasteiger partial charge on any atom is 0.136 e. The fraction of sp³-hybridized carbons (Fsp3) is 0.750. The van der Waals surface area contributed by atoms with Gasteiger partial charge in [-0.2, -0.15) is 0 Å². The maximum absolute atomic E-state index is 11.8. The molecule has 0 bridgehead atoms. The van der Waals surface area contributed by atoms with E-state index in [1.165, 1.54) is 6.42 Å². The molecule has 0 aromatic heterocycles. The van der Waals surface area contributed by atoms with E-state index >= 15 is 0 Å². The Kier molecular flexibility index (Phi) is 2.27. The van der Waals surface area contributed by atoms with E-state index in [1.54, 1.807) is 0 Å². The Bertz CT molecular complexity index is 242. The van der Waals surface area contributed by atoms with E-state index in [-0.39, 0.29) is 0 Å². The lowest BCUT2D eigenvalue weighted by Gasteiger charge is -2.39. The molecule has 1 heteroatoms. The lowest BCUT2D eigenvalue weighted by atomic mass is 9.64. The van der Waals surface area contributed by atoms with Crippen LogP contribution in [0.15, 0.2) is 12.2 Å². The van der Waals surface area contributed by atoms with E-state index in [0.29, 0.717) is 17.1 Å². The molecule has 0 radical (unpaired) electrons. The Morgan fingerprint density at radius 1 is 1.46 bits per heavy atom. The minimum atomic E-state index is 0.294. The van der Waals surface area contributed by atoms with Gasteiger partial charge in [0.25, 0.3) is 0 Å². The number of hydrogen-bond acceptors (Lipinski definition) is 1. The Morgan fingerprint density at radius 2 is 2.31 bits per heavy atom. The molecule has 0 saturated heterocycles. The van der Waals surface area contributed by atoms with Crippen molar-refractivity contribution >= 4 is 5.78 Å². The Morgan fingerprint density at radius 3 is 3.15 bits per heavy atom. The summed E-state index contributed by atoms with van der Waals surface area (Å²) in [5.41, 5.74) is 0.294. The van der Waals surface area contributed by atoms with E-state index < -0.39 is 0 Å². The molecule has 2 aliphatic rings. The molecule has 0 aromatic rings. The molecular weight excluding hydrogens is 160 g/mol. The molecule has 1 fully saturated rings.